The van der Waals surface area contributed by atoms with Gasteiger partial charge in [-0.05, 0) is 44.4 Å². The minimum Gasteiger partial charge on any atom is -0.465 e. The van der Waals surface area contributed by atoms with E-state index in [-0.39, 0.29) is 11.6 Å². The average Bonchev–Trinajstić information content (AvgIpc) is 3.32. The van der Waals surface area contributed by atoms with Crippen LogP contribution in [-0.4, -0.2) is 75.5 Å². The lowest BCUT2D eigenvalue weighted by Gasteiger charge is -2.43. The maximum atomic E-state index is 12.8. The number of carbonyl (C=O) groups excluding carboxylic acids is 2. The quantitative estimate of drug-likeness (QED) is 0.663. The molecule has 2 N–H and O–H groups in total. The molecule has 2 aliphatic heterocycles. The lowest BCUT2D eigenvalue weighted by molar-refractivity contribution is -0.0163. The summed E-state index contributed by atoms with van der Waals surface area (Å²) >= 11 is 0. The number of rotatable bonds is 7. The summed E-state index contributed by atoms with van der Waals surface area (Å²) < 4.78 is 10.3. The van der Waals surface area contributed by atoms with Crippen molar-refractivity contribution in [3.8, 4) is 0 Å². The zero-order chi connectivity index (χ0) is 21.6. The van der Waals surface area contributed by atoms with Crippen LogP contribution in [0.3, 0.4) is 0 Å². The largest absolute Gasteiger partial charge is 0.465 e. The first-order valence-corrected chi connectivity index (χ1v) is 10.8. The second-order valence-electron chi connectivity index (χ2n) is 8.18. The second-order valence-corrected chi connectivity index (χ2v) is 8.18. The predicted molar refractivity (Wildman–Crippen MR) is 117 cm³/mol. The Balaban J connectivity index is 1.70. The Bertz CT molecular complexity index is 745. The van der Waals surface area contributed by atoms with E-state index < -0.39 is 5.97 Å². The highest BCUT2D eigenvalue weighted by molar-refractivity contribution is 5.97. The van der Waals surface area contributed by atoms with E-state index in [0.29, 0.717) is 17.8 Å². The van der Waals surface area contributed by atoms with Crippen molar-refractivity contribution >= 4 is 23.4 Å². The summed E-state index contributed by atoms with van der Waals surface area (Å²) in [5.41, 5.74) is 1.85. The molecule has 30 heavy (non-hydrogen) atoms. The first-order chi connectivity index (χ1) is 14.5. The van der Waals surface area contributed by atoms with E-state index in [1.165, 1.54) is 7.11 Å². The van der Waals surface area contributed by atoms with E-state index in [1.54, 1.807) is 12.1 Å². The molecule has 1 aromatic carbocycles. The molecular weight excluding hydrogens is 384 g/mol. The monoisotopic (exact) mass is 418 g/mol. The Kier molecular flexibility index (Phi) is 7.55. The van der Waals surface area contributed by atoms with Crippen LogP contribution in [0.15, 0.2) is 18.2 Å². The molecule has 0 aliphatic carbocycles. The predicted octanol–water partition coefficient (Wildman–Crippen LogP) is 2.70. The molecule has 1 atom stereocenters. The molecule has 0 unspecified atom stereocenters. The van der Waals surface area contributed by atoms with Crippen LogP contribution in [0, 0.1) is 0 Å². The molecule has 166 valence electrons. The van der Waals surface area contributed by atoms with Gasteiger partial charge < -0.3 is 25.0 Å². The Labute approximate surface area is 178 Å². The SMILES string of the molecule is CC[C@@](C)(CNC(=O)Nc1cc(C(=O)OC)ccc1N1CCCC1)N1CCOCC1. The van der Waals surface area contributed by atoms with Gasteiger partial charge in [0.1, 0.15) is 0 Å². The molecule has 2 fully saturated rings. The highest BCUT2D eigenvalue weighted by Gasteiger charge is 2.31. The fourth-order valence-electron chi connectivity index (χ4n) is 4.12. The molecule has 1 aromatic rings. The summed E-state index contributed by atoms with van der Waals surface area (Å²) in [5.74, 6) is -0.419. The molecule has 2 saturated heterocycles. The van der Waals surface area contributed by atoms with E-state index >= 15 is 0 Å². The number of esters is 1. The van der Waals surface area contributed by atoms with Crippen LogP contribution in [0.5, 0.6) is 0 Å². The molecule has 2 heterocycles. The Morgan fingerprint density at radius 1 is 1.17 bits per heavy atom. The third kappa shape index (κ3) is 5.23. The summed E-state index contributed by atoms with van der Waals surface area (Å²) in [5, 5.41) is 6.00. The number of hydrogen-bond acceptors (Lipinski definition) is 6. The van der Waals surface area contributed by atoms with Crippen LogP contribution in [0.1, 0.15) is 43.5 Å². The van der Waals surface area contributed by atoms with E-state index in [4.69, 9.17) is 9.47 Å². The molecule has 0 saturated carbocycles. The van der Waals surface area contributed by atoms with Crippen molar-refractivity contribution in [1.29, 1.82) is 0 Å². The number of benzene rings is 1. The van der Waals surface area contributed by atoms with Crippen LogP contribution < -0.4 is 15.5 Å². The first-order valence-electron chi connectivity index (χ1n) is 10.8. The number of amides is 2. The Morgan fingerprint density at radius 3 is 2.50 bits per heavy atom. The van der Waals surface area contributed by atoms with Crippen molar-refractivity contribution in [2.24, 2.45) is 0 Å². The summed E-state index contributed by atoms with van der Waals surface area (Å²) in [6.45, 7) is 9.92. The molecule has 2 aliphatic rings. The fraction of sp³-hybridized carbons (Fsp3) is 0.636. The summed E-state index contributed by atoms with van der Waals surface area (Å²) in [7, 11) is 1.35. The lowest BCUT2D eigenvalue weighted by Crippen LogP contribution is -2.57. The molecule has 0 spiro atoms. The number of hydrogen-bond donors (Lipinski definition) is 2. The van der Waals surface area contributed by atoms with Gasteiger partial charge in [0.25, 0.3) is 0 Å². The van der Waals surface area contributed by atoms with Crippen molar-refractivity contribution in [1.82, 2.24) is 10.2 Å². The minimum absolute atomic E-state index is 0.132. The normalized spacial score (nSPS) is 19.2. The average molecular weight is 419 g/mol. The number of methoxy groups -OCH3 is 1. The van der Waals surface area contributed by atoms with Gasteiger partial charge in [-0.15, -0.1) is 0 Å². The van der Waals surface area contributed by atoms with Gasteiger partial charge >= 0.3 is 12.0 Å². The van der Waals surface area contributed by atoms with Gasteiger partial charge in [-0.2, -0.15) is 0 Å². The van der Waals surface area contributed by atoms with E-state index in [1.807, 2.05) is 6.07 Å². The molecule has 3 rings (SSSR count). The molecule has 0 bridgehead atoms. The topological polar surface area (TPSA) is 83.1 Å². The Hall–Kier alpha value is -2.32. The third-order valence-electron chi connectivity index (χ3n) is 6.28. The maximum Gasteiger partial charge on any atom is 0.337 e. The van der Waals surface area contributed by atoms with E-state index in [9.17, 15) is 9.59 Å². The number of ether oxygens (including phenoxy) is 2. The summed E-state index contributed by atoms with van der Waals surface area (Å²) in [4.78, 5) is 29.4. The van der Waals surface area contributed by atoms with Gasteiger partial charge in [0.05, 0.1) is 37.3 Å². The van der Waals surface area contributed by atoms with Crippen LogP contribution in [0.4, 0.5) is 16.2 Å². The minimum atomic E-state index is -0.419. The molecule has 0 radical (unpaired) electrons. The van der Waals surface area contributed by atoms with E-state index in [2.05, 4.69) is 34.3 Å². The number of nitrogens with one attached hydrogen (secondary N) is 2. The van der Waals surface area contributed by atoms with Crippen molar-refractivity contribution in [3.05, 3.63) is 23.8 Å². The summed E-state index contributed by atoms with van der Waals surface area (Å²) in [6.07, 6.45) is 3.17. The highest BCUT2D eigenvalue weighted by Crippen LogP contribution is 2.30. The van der Waals surface area contributed by atoms with Crippen molar-refractivity contribution in [3.63, 3.8) is 0 Å². The van der Waals surface area contributed by atoms with Gasteiger partial charge in [-0.25, -0.2) is 9.59 Å². The van der Waals surface area contributed by atoms with Crippen molar-refractivity contribution in [2.75, 3.05) is 63.3 Å². The molecule has 8 nitrogen and oxygen atoms in total. The van der Waals surface area contributed by atoms with Crippen LogP contribution in [0.2, 0.25) is 0 Å². The van der Waals surface area contributed by atoms with Crippen molar-refractivity contribution in [2.45, 2.75) is 38.6 Å². The zero-order valence-corrected chi connectivity index (χ0v) is 18.3. The zero-order valence-electron chi connectivity index (χ0n) is 18.3. The van der Waals surface area contributed by atoms with Gasteiger partial charge in [0.2, 0.25) is 0 Å². The number of morpholine rings is 1. The number of nitrogens with zero attached hydrogens (tertiary/aromatic N) is 2. The molecule has 0 aromatic heterocycles. The van der Waals surface area contributed by atoms with Gasteiger partial charge in [0.15, 0.2) is 0 Å². The smallest absolute Gasteiger partial charge is 0.337 e. The van der Waals surface area contributed by atoms with Gasteiger partial charge in [0, 0.05) is 38.3 Å². The Morgan fingerprint density at radius 2 is 1.87 bits per heavy atom. The van der Waals surface area contributed by atoms with Crippen LogP contribution in [0.25, 0.3) is 0 Å². The molecular formula is C22H34N4O4. The molecule has 8 heteroatoms. The number of urea groups is 1. The third-order valence-corrected chi connectivity index (χ3v) is 6.28. The first kappa shape index (κ1) is 22.4. The van der Waals surface area contributed by atoms with Crippen LogP contribution >= 0.6 is 0 Å². The number of carbonyl (C=O) groups is 2. The van der Waals surface area contributed by atoms with Crippen LogP contribution in [-0.2, 0) is 9.47 Å². The second kappa shape index (κ2) is 10.1. The standard InChI is InChI=1S/C22H34N4O4/c1-4-22(2,26-11-13-30-14-12-26)16-23-21(28)24-18-15-17(20(27)29-3)7-8-19(18)25-9-5-6-10-25/h7-8,15H,4-6,9-14,16H2,1-3H3,(H2,23,24,28)/t22-/m0/s1. The fourth-order valence-corrected chi connectivity index (χ4v) is 4.12. The summed E-state index contributed by atoms with van der Waals surface area (Å²) in [6, 6.07) is 5.05. The maximum absolute atomic E-state index is 12.8. The number of anilines is 2. The van der Waals surface area contributed by atoms with Crippen molar-refractivity contribution < 1.29 is 19.1 Å². The van der Waals surface area contributed by atoms with E-state index in [0.717, 1.165) is 64.3 Å². The highest BCUT2D eigenvalue weighted by atomic mass is 16.5. The van der Waals surface area contributed by atoms with Gasteiger partial charge in [-0.3, -0.25) is 4.90 Å². The lowest BCUT2D eigenvalue weighted by atomic mass is 9.95. The van der Waals surface area contributed by atoms with Gasteiger partial charge in [-0.1, -0.05) is 6.92 Å². The molecule has 2 amide bonds.